The van der Waals surface area contributed by atoms with E-state index in [1.165, 1.54) is 0 Å². The third kappa shape index (κ3) is 3.11. The molecule has 0 radical (unpaired) electrons. The van der Waals surface area contributed by atoms with E-state index in [1.807, 2.05) is 0 Å². The molecule has 3 N–H and O–H groups in total. The second-order valence-corrected chi connectivity index (χ2v) is 4.71. The van der Waals surface area contributed by atoms with Gasteiger partial charge < -0.3 is 20.3 Å². The van der Waals surface area contributed by atoms with E-state index in [1.54, 1.807) is 22.0 Å². The van der Waals surface area contributed by atoms with Crippen LogP contribution in [0, 0.1) is 5.92 Å². The van der Waals surface area contributed by atoms with Crippen molar-refractivity contribution in [2.75, 3.05) is 19.6 Å². The Morgan fingerprint density at radius 2 is 2.32 bits per heavy atom. The number of piperidine rings is 1. The second kappa shape index (κ2) is 5.83. The number of hydrogen-bond donors (Lipinski definition) is 2. The Morgan fingerprint density at radius 3 is 3.00 bits per heavy atom. The number of rotatable bonds is 4. The molecule has 19 heavy (non-hydrogen) atoms. The Labute approximate surface area is 111 Å². The van der Waals surface area contributed by atoms with Crippen LogP contribution in [0.4, 0.5) is 0 Å². The van der Waals surface area contributed by atoms with E-state index in [0.29, 0.717) is 38.2 Å². The minimum Gasteiger partial charge on any atom is -0.481 e. The topological polar surface area (TPSA) is 101 Å². The molecular formula is C12H18N4O3. The molecule has 1 fully saturated rings. The monoisotopic (exact) mass is 266 g/mol. The molecule has 1 aromatic heterocycles. The molecule has 1 atom stereocenters. The zero-order chi connectivity index (χ0) is 13.8. The van der Waals surface area contributed by atoms with Gasteiger partial charge in [0.2, 0.25) is 0 Å². The van der Waals surface area contributed by atoms with Crippen molar-refractivity contribution >= 4 is 11.9 Å². The molecule has 1 aliphatic rings. The van der Waals surface area contributed by atoms with Gasteiger partial charge >= 0.3 is 5.97 Å². The molecule has 0 aliphatic carbocycles. The molecule has 1 aromatic rings. The van der Waals surface area contributed by atoms with Gasteiger partial charge in [-0.2, -0.15) is 0 Å². The average Bonchev–Trinajstić information content (AvgIpc) is 2.87. The predicted molar refractivity (Wildman–Crippen MR) is 67.5 cm³/mol. The van der Waals surface area contributed by atoms with Gasteiger partial charge in [-0.25, -0.2) is 4.98 Å². The van der Waals surface area contributed by atoms with Crippen LogP contribution in [0.5, 0.6) is 0 Å². The van der Waals surface area contributed by atoms with Crippen molar-refractivity contribution in [3.05, 3.63) is 18.2 Å². The molecular weight excluding hydrogens is 248 g/mol. The number of amides is 1. The van der Waals surface area contributed by atoms with Crippen LogP contribution in [0.15, 0.2) is 12.5 Å². The van der Waals surface area contributed by atoms with E-state index in [4.69, 9.17) is 10.8 Å². The fourth-order valence-corrected chi connectivity index (χ4v) is 2.27. The molecule has 1 aliphatic heterocycles. The summed E-state index contributed by atoms with van der Waals surface area (Å²) >= 11 is 0. The van der Waals surface area contributed by atoms with Crippen LogP contribution < -0.4 is 5.73 Å². The molecule has 0 aromatic carbocycles. The van der Waals surface area contributed by atoms with Crippen molar-refractivity contribution in [1.29, 1.82) is 0 Å². The first-order valence-corrected chi connectivity index (χ1v) is 6.35. The minimum atomic E-state index is -0.842. The maximum Gasteiger partial charge on any atom is 0.308 e. The molecule has 2 heterocycles. The highest BCUT2D eigenvalue weighted by Crippen LogP contribution is 2.18. The first-order valence-electron chi connectivity index (χ1n) is 6.35. The number of aliphatic carboxylic acids is 1. The van der Waals surface area contributed by atoms with Gasteiger partial charge in [0.25, 0.3) is 5.91 Å². The molecule has 0 spiro atoms. The van der Waals surface area contributed by atoms with E-state index in [0.717, 1.165) is 0 Å². The van der Waals surface area contributed by atoms with Crippen molar-refractivity contribution in [3.8, 4) is 0 Å². The lowest BCUT2D eigenvalue weighted by Crippen LogP contribution is -2.42. The Kier molecular flexibility index (Phi) is 4.16. The van der Waals surface area contributed by atoms with E-state index in [9.17, 15) is 9.59 Å². The van der Waals surface area contributed by atoms with Crippen LogP contribution in [0.2, 0.25) is 0 Å². The quantitative estimate of drug-likeness (QED) is 0.784. The van der Waals surface area contributed by atoms with Gasteiger partial charge in [0, 0.05) is 32.4 Å². The summed E-state index contributed by atoms with van der Waals surface area (Å²) < 4.78 is 1.76. The molecule has 0 saturated carbocycles. The molecule has 0 unspecified atom stereocenters. The summed E-state index contributed by atoms with van der Waals surface area (Å²) in [7, 11) is 0. The van der Waals surface area contributed by atoms with Crippen molar-refractivity contribution < 1.29 is 14.7 Å². The molecule has 0 bridgehead atoms. The van der Waals surface area contributed by atoms with E-state index < -0.39 is 11.9 Å². The summed E-state index contributed by atoms with van der Waals surface area (Å²) in [6, 6.07) is 0. The van der Waals surface area contributed by atoms with Gasteiger partial charge in [0.1, 0.15) is 5.69 Å². The van der Waals surface area contributed by atoms with E-state index >= 15 is 0 Å². The number of carboxylic acid groups (broad SMARTS) is 1. The van der Waals surface area contributed by atoms with Crippen LogP contribution in [0.1, 0.15) is 23.3 Å². The predicted octanol–water partition coefficient (Wildman–Crippen LogP) is -0.221. The lowest BCUT2D eigenvalue weighted by molar-refractivity contribution is -0.143. The Bertz CT molecular complexity index is 471. The van der Waals surface area contributed by atoms with Crippen LogP contribution in [-0.4, -0.2) is 51.1 Å². The number of carboxylic acids is 1. The van der Waals surface area contributed by atoms with Crippen molar-refractivity contribution in [2.45, 2.75) is 19.4 Å². The molecule has 7 nitrogen and oxygen atoms in total. The SMILES string of the molecule is NCCn1cnc(C(=O)N2CCC[C@H](C(=O)O)C2)c1. The Balaban J connectivity index is 2.03. The number of aromatic nitrogens is 2. The summed E-state index contributed by atoms with van der Waals surface area (Å²) in [5.74, 6) is -1.52. The zero-order valence-corrected chi connectivity index (χ0v) is 10.7. The first-order chi connectivity index (χ1) is 9.11. The smallest absolute Gasteiger partial charge is 0.308 e. The summed E-state index contributed by atoms with van der Waals surface area (Å²) in [5, 5.41) is 9.01. The number of nitrogens with zero attached hydrogens (tertiary/aromatic N) is 3. The largest absolute Gasteiger partial charge is 0.481 e. The van der Waals surface area contributed by atoms with Gasteiger partial charge in [0.15, 0.2) is 0 Å². The van der Waals surface area contributed by atoms with E-state index in [-0.39, 0.29) is 12.5 Å². The van der Waals surface area contributed by atoms with Gasteiger partial charge in [-0.15, -0.1) is 0 Å². The fraction of sp³-hybridized carbons (Fsp3) is 0.583. The highest BCUT2D eigenvalue weighted by molar-refractivity contribution is 5.92. The van der Waals surface area contributed by atoms with Crippen molar-refractivity contribution in [1.82, 2.24) is 14.5 Å². The van der Waals surface area contributed by atoms with Gasteiger partial charge in [0.05, 0.1) is 12.2 Å². The second-order valence-electron chi connectivity index (χ2n) is 4.71. The third-order valence-corrected chi connectivity index (χ3v) is 3.30. The molecule has 104 valence electrons. The Morgan fingerprint density at radius 1 is 1.53 bits per heavy atom. The Hall–Kier alpha value is -1.89. The van der Waals surface area contributed by atoms with Gasteiger partial charge in [-0.1, -0.05) is 0 Å². The van der Waals surface area contributed by atoms with Crippen LogP contribution >= 0.6 is 0 Å². The average molecular weight is 266 g/mol. The van der Waals surface area contributed by atoms with Crippen molar-refractivity contribution in [2.24, 2.45) is 11.7 Å². The fourth-order valence-electron chi connectivity index (χ4n) is 2.27. The molecule has 7 heteroatoms. The number of carbonyl (C=O) groups excluding carboxylic acids is 1. The lowest BCUT2D eigenvalue weighted by atomic mass is 9.98. The summed E-state index contributed by atoms with van der Waals surface area (Å²) in [6.45, 7) is 1.94. The van der Waals surface area contributed by atoms with Crippen LogP contribution in [-0.2, 0) is 11.3 Å². The van der Waals surface area contributed by atoms with Gasteiger partial charge in [-0.3, -0.25) is 9.59 Å². The maximum atomic E-state index is 12.2. The van der Waals surface area contributed by atoms with E-state index in [2.05, 4.69) is 4.98 Å². The number of nitrogens with two attached hydrogens (primary N) is 1. The van der Waals surface area contributed by atoms with Crippen LogP contribution in [0.25, 0.3) is 0 Å². The highest BCUT2D eigenvalue weighted by atomic mass is 16.4. The lowest BCUT2D eigenvalue weighted by Gasteiger charge is -2.30. The zero-order valence-electron chi connectivity index (χ0n) is 10.7. The number of carbonyl (C=O) groups is 2. The molecule has 1 saturated heterocycles. The summed E-state index contributed by atoms with van der Waals surface area (Å²) in [4.78, 5) is 28.8. The normalized spacial score (nSPS) is 19.4. The maximum absolute atomic E-state index is 12.2. The number of hydrogen-bond acceptors (Lipinski definition) is 4. The summed E-state index contributed by atoms with van der Waals surface area (Å²) in [5.41, 5.74) is 5.78. The number of likely N-dealkylation sites (tertiary alicyclic amines) is 1. The van der Waals surface area contributed by atoms with Gasteiger partial charge in [-0.05, 0) is 12.8 Å². The third-order valence-electron chi connectivity index (χ3n) is 3.30. The van der Waals surface area contributed by atoms with Crippen molar-refractivity contribution in [3.63, 3.8) is 0 Å². The number of imidazole rings is 1. The standard InChI is InChI=1S/C12H18N4O3/c13-3-5-15-7-10(14-8-15)11(17)16-4-1-2-9(6-16)12(18)19/h7-9H,1-6,13H2,(H,18,19)/t9-/m0/s1. The van der Waals surface area contributed by atoms with Crippen LogP contribution in [0.3, 0.4) is 0 Å². The highest BCUT2D eigenvalue weighted by Gasteiger charge is 2.29. The minimum absolute atomic E-state index is 0.207. The molecule has 1 amide bonds. The first kappa shape index (κ1) is 13.5. The molecule has 2 rings (SSSR count). The summed E-state index contributed by atoms with van der Waals surface area (Å²) in [6.07, 6.45) is 4.56.